The molecule has 2 nitrogen and oxygen atoms in total. The number of aryl methyl sites for hydroxylation is 1. The van der Waals surface area contributed by atoms with Crippen molar-refractivity contribution >= 4 is 33.6 Å². The highest BCUT2D eigenvalue weighted by Gasteiger charge is 2.03. The third kappa shape index (κ3) is 1.03. The molecule has 2 aromatic heterocycles. The van der Waals surface area contributed by atoms with Crippen molar-refractivity contribution in [3.8, 4) is 0 Å². The molecule has 0 amide bonds. The van der Waals surface area contributed by atoms with E-state index in [1.165, 1.54) is 9.26 Å². The molecule has 0 radical (unpaired) electrons. The lowest BCUT2D eigenvalue weighted by Crippen LogP contribution is -1.73. The highest BCUT2D eigenvalue weighted by atomic mass is 127. The van der Waals surface area contributed by atoms with Crippen molar-refractivity contribution < 1.29 is 0 Å². The van der Waals surface area contributed by atoms with E-state index in [0.29, 0.717) is 0 Å². The van der Waals surface area contributed by atoms with Crippen LogP contribution in [0.2, 0.25) is 0 Å². The molecule has 0 fully saturated rings. The number of pyridine rings is 1. The Bertz CT molecular complexity index is 392. The van der Waals surface area contributed by atoms with Crippen LogP contribution in [0.5, 0.6) is 0 Å². The Morgan fingerprint density at radius 1 is 1.55 bits per heavy atom. The number of H-pyrrole nitrogens is 1. The first-order valence-electron chi connectivity index (χ1n) is 3.38. The van der Waals surface area contributed by atoms with Gasteiger partial charge in [-0.05, 0) is 41.6 Å². The zero-order valence-corrected chi connectivity index (χ0v) is 8.21. The molecule has 0 aliphatic carbocycles. The first-order chi connectivity index (χ1) is 5.29. The van der Waals surface area contributed by atoms with E-state index in [1.807, 2.05) is 18.3 Å². The number of hydrogen-bond donors (Lipinski definition) is 1. The van der Waals surface area contributed by atoms with Gasteiger partial charge in [-0.25, -0.2) is 0 Å². The molecule has 0 spiro atoms. The Labute approximate surface area is 78.2 Å². The van der Waals surface area contributed by atoms with Gasteiger partial charge in [0, 0.05) is 11.9 Å². The fraction of sp³-hybridized carbons (Fsp3) is 0.125. The van der Waals surface area contributed by atoms with Crippen molar-refractivity contribution in [3.05, 3.63) is 27.6 Å². The molecule has 0 saturated carbocycles. The molecule has 3 heteroatoms. The monoisotopic (exact) mass is 258 g/mol. The summed E-state index contributed by atoms with van der Waals surface area (Å²) >= 11 is 2.30. The minimum atomic E-state index is 1.07. The molecular formula is C8H7IN2. The van der Waals surface area contributed by atoms with Crippen LogP contribution in [0.1, 0.15) is 5.69 Å². The van der Waals surface area contributed by atoms with Crippen molar-refractivity contribution in [2.75, 3.05) is 0 Å². The first kappa shape index (κ1) is 7.09. The molecule has 56 valence electrons. The largest absolute Gasteiger partial charge is 0.356 e. The van der Waals surface area contributed by atoms with Crippen molar-refractivity contribution in [1.82, 2.24) is 9.97 Å². The predicted octanol–water partition coefficient (Wildman–Crippen LogP) is 2.48. The van der Waals surface area contributed by atoms with Gasteiger partial charge in [0.2, 0.25) is 0 Å². The molecule has 2 aromatic rings. The SMILES string of the molecule is Cc1[nH]c2cccnc2c1I. The average molecular weight is 258 g/mol. The van der Waals surface area contributed by atoms with Crippen LogP contribution in [0.4, 0.5) is 0 Å². The van der Waals surface area contributed by atoms with Gasteiger partial charge in [-0.1, -0.05) is 0 Å². The van der Waals surface area contributed by atoms with Gasteiger partial charge in [0.15, 0.2) is 0 Å². The van der Waals surface area contributed by atoms with E-state index in [-0.39, 0.29) is 0 Å². The fourth-order valence-electron chi connectivity index (χ4n) is 1.12. The standard InChI is InChI=1S/C8H7IN2/c1-5-7(9)8-6(11-5)3-2-4-10-8/h2-4,11H,1H3. The van der Waals surface area contributed by atoms with Gasteiger partial charge in [0.25, 0.3) is 0 Å². The summed E-state index contributed by atoms with van der Waals surface area (Å²) in [6, 6.07) is 3.98. The number of nitrogens with one attached hydrogen (secondary N) is 1. The van der Waals surface area contributed by atoms with Crippen LogP contribution in [0.3, 0.4) is 0 Å². The van der Waals surface area contributed by atoms with Crippen LogP contribution in [0.25, 0.3) is 11.0 Å². The van der Waals surface area contributed by atoms with Crippen molar-refractivity contribution in [3.63, 3.8) is 0 Å². The Hall–Kier alpha value is -0.580. The summed E-state index contributed by atoms with van der Waals surface area (Å²) in [5.74, 6) is 0. The third-order valence-corrected chi connectivity index (χ3v) is 2.99. The fourth-order valence-corrected chi connectivity index (χ4v) is 1.68. The van der Waals surface area contributed by atoms with E-state index in [1.54, 1.807) is 0 Å². The normalized spacial score (nSPS) is 10.7. The van der Waals surface area contributed by atoms with Crippen LogP contribution in [0.15, 0.2) is 18.3 Å². The van der Waals surface area contributed by atoms with Crippen molar-refractivity contribution in [1.29, 1.82) is 0 Å². The Morgan fingerprint density at radius 2 is 2.36 bits per heavy atom. The second kappa shape index (κ2) is 2.48. The van der Waals surface area contributed by atoms with E-state index < -0.39 is 0 Å². The summed E-state index contributed by atoms with van der Waals surface area (Å²) in [4.78, 5) is 7.52. The lowest BCUT2D eigenvalue weighted by molar-refractivity contribution is 1.28. The molecule has 0 atom stereocenters. The number of aromatic amines is 1. The lowest BCUT2D eigenvalue weighted by Gasteiger charge is -1.85. The molecule has 0 unspecified atom stereocenters. The zero-order valence-electron chi connectivity index (χ0n) is 6.06. The summed E-state index contributed by atoms with van der Waals surface area (Å²) in [7, 11) is 0. The molecule has 0 saturated heterocycles. The highest BCUT2D eigenvalue weighted by Crippen LogP contribution is 2.20. The smallest absolute Gasteiger partial charge is 0.101 e. The van der Waals surface area contributed by atoms with E-state index >= 15 is 0 Å². The second-order valence-corrected chi connectivity index (χ2v) is 3.54. The van der Waals surface area contributed by atoms with Gasteiger partial charge in [-0.3, -0.25) is 4.98 Å². The predicted molar refractivity (Wildman–Crippen MR) is 53.5 cm³/mol. The van der Waals surface area contributed by atoms with Gasteiger partial charge in [-0.2, -0.15) is 0 Å². The molecule has 2 rings (SSSR count). The van der Waals surface area contributed by atoms with E-state index in [4.69, 9.17) is 0 Å². The number of nitrogens with zero attached hydrogens (tertiary/aromatic N) is 1. The molecular weight excluding hydrogens is 251 g/mol. The number of aromatic nitrogens is 2. The van der Waals surface area contributed by atoms with Crippen LogP contribution in [-0.2, 0) is 0 Å². The van der Waals surface area contributed by atoms with Crippen LogP contribution < -0.4 is 0 Å². The summed E-state index contributed by atoms with van der Waals surface area (Å²) < 4.78 is 1.22. The highest BCUT2D eigenvalue weighted by molar-refractivity contribution is 14.1. The van der Waals surface area contributed by atoms with Gasteiger partial charge in [0.1, 0.15) is 5.52 Å². The summed E-state index contributed by atoms with van der Waals surface area (Å²) in [6.07, 6.45) is 1.82. The molecule has 0 bridgehead atoms. The molecule has 0 aliphatic heterocycles. The van der Waals surface area contributed by atoms with Crippen molar-refractivity contribution in [2.45, 2.75) is 6.92 Å². The second-order valence-electron chi connectivity index (χ2n) is 2.46. The van der Waals surface area contributed by atoms with Crippen molar-refractivity contribution in [2.24, 2.45) is 0 Å². The third-order valence-electron chi connectivity index (χ3n) is 1.67. The molecule has 2 heterocycles. The molecule has 0 aromatic carbocycles. The van der Waals surface area contributed by atoms with Gasteiger partial charge in [-0.15, -0.1) is 0 Å². The molecule has 0 aliphatic rings. The Balaban J connectivity index is 2.92. The minimum absolute atomic E-state index is 1.07. The zero-order chi connectivity index (χ0) is 7.84. The number of rotatable bonds is 0. The number of halogens is 1. The van der Waals surface area contributed by atoms with Gasteiger partial charge >= 0.3 is 0 Å². The number of hydrogen-bond acceptors (Lipinski definition) is 1. The maximum atomic E-state index is 4.26. The number of fused-ring (bicyclic) bond motifs is 1. The molecule has 11 heavy (non-hydrogen) atoms. The quantitative estimate of drug-likeness (QED) is 0.722. The average Bonchev–Trinajstić information content (AvgIpc) is 2.30. The first-order valence-corrected chi connectivity index (χ1v) is 4.45. The van der Waals surface area contributed by atoms with Gasteiger partial charge < -0.3 is 4.98 Å². The maximum Gasteiger partial charge on any atom is 0.101 e. The topological polar surface area (TPSA) is 28.7 Å². The molecule has 1 N–H and O–H groups in total. The lowest BCUT2D eigenvalue weighted by atomic mass is 10.4. The van der Waals surface area contributed by atoms with Crippen LogP contribution in [0, 0.1) is 10.5 Å². The minimum Gasteiger partial charge on any atom is -0.356 e. The Kier molecular flexibility index (Phi) is 1.60. The summed E-state index contributed by atoms with van der Waals surface area (Å²) in [6.45, 7) is 2.06. The summed E-state index contributed by atoms with van der Waals surface area (Å²) in [5.41, 5.74) is 3.39. The van der Waals surface area contributed by atoms with Gasteiger partial charge in [0.05, 0.1) is 9.09 Å². The van der Waals surface area contributed by atoms with E-state index in [2.05, 4.69) is 39.5 Å². The maximum absolute atomic E-state index is 4.26. The Morgan fingerprint density at radius 3 is 3.09 bits per heavy atom. The van der Waals surface area contributed by atoms with Crippen LogP contribution >= 0.6 is 22.6 Å². The van der Waals surface area contributed by atoms with E-state index in [0.717, 1.165) is 11.0 Å². The van der Waals surface area contributed by atoms with E-state index in [9.17, 15) is 0 Å². The summed E-state index contributed by atoms with van der Waals surface area (Å²) in [5, 5.41) is 0. The van der Waals surface area contributed by atoms with Crippen LogP contribution in [-0.4, -0.2) is 9.97 Å².